The van der Waals surface area contributed by atoms with Crippen molar-refractivity contribution >= 4 is 7.74 Å². The first kappa shape index (κ1) is 23.8. The second kappa shape index (κ2) is 9.36. The Bertz CT molecular complexity index is 1440. The van der Waals surface area contributed by atoms with Crippen molar-refractivity contribution in [3.05, 3.63) is 133 Å². The van der Waals surface area contributed by atoms with Crippen LogP contribution in [-0.2, 0) is 16.6 Å². The molecule has 2 nitrogen and oxygen atoms in total. The fourth-order valence-electron chi connectivity index (χ4n) is 5.76. The van der Waals surface area contributed by atoms with Gasteiger partial charge in [0.15, 0.2) is 0 Å². The Morgan fingerprint density at radius 1 is 0.541 bits per heavy atom. The van der Waals surface area contributed by atoms with E-state index < -0.39 is 48.3 Å². The van der Waals surface area contributed by atoms with Crippen molar-refractivity contribution in [3.63, 3.8) is 0 Å². The number of benzene rings is 2. The topological polar surface area (TPSA) is 31.6 Å². The molecule has 0 bridgehead atoms. The molecule has 0 radical (unpaired) electrons. The number of allylic oxidation sites excluding steroid dienone is 8. The van der Waals surface area contributed by atoms with Crippen LogP contribution in [0.4, 0.5) is 17.6 Å². The van der Waals surface area contributed by atoms with Gasteiger partial charge in [-0.2, -0.15) is 0 Å². The van der Waals surface area contributed by atoms with Gasteiger partial charge in [-0.15, -0.1) is 0 Å². The van der Waals surface area contributed by atoms with Crippen LogP contribution in [0, 0.1) is 23.3 Å². The molecular weight excluding hydrogens is 512 g/mol. The summed E-state index contributed by atoms with van der Waals surface area (Å²) in [5.74, 6) is -3.15. The van der Waals surface area contributed by atoms with E-state index in [0.29, 0.717) is 11.4 Å². The average Bonchev–Trinajstić information content (AvgIpc) is 3.71. The summed E-state index contributed by atoms with van der Waals surface area (Å²) < 4.78 is 63.9. The Labute approximate surface area is 215 Å². The normalized spacial score (nSPS) is 15.5. The fourth-order valence-corrected chi connectivity index (χ4v) is 14.6. The van der Waals surface area contributed by atoms with E-state index in [2.05, 4.69) is 9.97 Å². The Morgan fingerprint density at radius 3 is 1.30 bits per heavy atom. The quantitative estimate of drug-likeness (QED) is 0.194. The number of aromatic nitrogens is 2. The van der Waals surface area contributed by atoms with Gasteiger partial charge in [0.2, 0.25) is 0 Å². The van der Waals surface area contributed by atoms with E-state index in [0.717, 1.165) is 0 Å². The van der Waals surface area contributed by atoms with Gasteiger partial charge in [0.05, 0.1) is 0 Å². The molecule has 0 spiro atoms. The first-order valence-corrected chi connectivity index (χ1v) is 15.3. The Kier molecular flexibility index (Phi) is 6.02. The van der Waals surface area contributed by atoms with Crippen molar-refractivity contribution in [1.29, 1.82) is 0 Å². The van der Waals surface area contributed by atoms with E-state index in [1.165, 1.54) is 24.3 Å². The van der Waals surface area contributed by atoms with Gasteiger partial charge < -0.3 is 0 Å². The number of halogens is 4. The third kappa shape index (κ3) is 3.66. The van der Waals surface area contributed by atoms with Crippen molar-refractivity contribution in [1.82, 2.24) is 9.97 Å². The third-order valence-electron chi connectivity index (χ3n) is 7.33. The summed E-state index contributed by atoms with van der Waals surface area (Å²) in [6.07, 6.45) is 17.7. The Hall–Kier alpha value is -3.61. The zero-order valence-electron chi connectivity index (χ0n) is 19.6. The predicted molar refractivity (Wildman–Crippen MR) is 136 cm³/mol. The molecule has 4 aromatic rings. The molecule has 0 saturated carbocycles. The molecule has 0 atom stereocenters. The zero-order chi connectivity index (χ0) is 25.6. The minimum absolute atomic E-state index is 0.162. The first-order valence-electron chi connectivity index (χ1n) is 12.0. The minimum atomic E-state index is -4.80. The third-order valence-corrected chi connectivity index (χ3v) is 15.8. The van der Waals surface area contributed by atoms with E-state index >= 15 is 17.6 Å². The summed E-state index contributed by atoms with van der Waals surface area (Å²) in [6.45, 7) is 0. The van der Waals surface area contributed by atoms with Crippen molar-refractivity contribution in [2.75, 3.05) is 0 Å². The second-order valence-electron chi connectivity index (χ2n) is 9.20. The van der Waals surface area contributed by atoms with Crippen LogP contribution in [0.25, 0.3) is 22.5 Å². The van der Waals surface area contributed by atoms with E-state index in [-0.39, 0.29) is 18.9 Å². The molecule has 0 aliphatic heterocycles. The molecule has 2 aromatic heterocycles. The van der Waals surface area contributed by atoms with E-state index in [4.69, 9.17) is 0 Å². The van der Waals surface area contributed by atoms with Crippen LogP contribution in [0.3, 0.4) is 0 Å². The van der Waals surface area contributed by atoms with Crippen molar-refractivity contribution in [2.45, 2.75) is 8.45 Å². The molecule has 2 aliphatic carbocycles. The molecule has 0 saturated heterocycles. The molecule has 0 amide bonds. The molecule has 37 heavy (non-hydrogen) atoms. The molecule has 0 unspecified atom stereocenters. The monoisotopic (exact) mass is 534 g/mol. The first-order chi connectivity index (χ1) is 18.0. The van der Waals surface area contributed by atoms with Gasteiger partial charge in [-0.05, 0) is 0 Å². The molecule has 2 aromatic carbocycles. The van der Waals surface area contributed by atoms with E-state index in [9.17, 15) is 0 Å². The number of hydrogen-bond donors (Lipinski definition) is 2. The molecule has 7 heteroatoms. The van der Waals surface area contributed by atoms with Gasteiger partial charge in [0, 0.05) is 0 Å². The number of hydrogen-bond acceptors (Lipinski definition) is 0. The van der Waals surface area contributed by atoms with Gasteiger partial charge >= 0.3 is 216 Å². The number of aromatic amines is 2. The number of rotatable bonds is 6. The number of H-pyrrole nitrogens is 2. The summed E-state index contributed by atoms with van der Waals surface area (Å²) >= 11 is -4.80. The Balaban J connectivity index is 1.76. The molecule has 2 heterocycles. The second-order valence-corrected chi connectivity index (χ2v) is 15.6. The van der Waals surface area contributed by atoms with Gasteiger partial charge in [-0.3, -0.25) is 0 Å². The van der Waals surface area contributed by atoms with Crippen molar-refractivity contribution in [3.8, 4) is 22.5 Å². The van der Waals surface area contributed by atoms with Crippen LogP contribution in [0.1, 0.15) is 0 Å². The number of nitrogens with one attached hydrogen (secondary N) is 2. The zero-order valence-corrected chi connectivity index (χ0v) is 21.1. The summed E-state index contributed by atoms with van der Waals surface area (Å²) in [5, 5.41) is 0. The maximum atomic E-state index is 16.7. The van der Waals surface area contributed by atoms with E-state index in [1.54, 1.807) is 61.0 Å². The van der Waals surface area contributed by atoms with Crippen molar-refractivity contribution in [2.24, 2.45) is 0 Å². The van der Waals surface area contributed by atoms with Crippen LogP contribution in [0.15, 0.2) is 110 Å². The predicted octanol–water partition coefficient (Wildman–Crippen LogP) is 7.17. The molecule has 6 rings (SSSR count). The van der Waals surface area contributed by atoms with Crippen LogP contribution < -0.4 is 7.74 Å². The van der Waals surface area contributed by atoms with E-state index in [1.807, 2.05) is 24.3 Å². The fraction of sp³-hybridized carbons (Fsp3) is 0.0667. The van der Waals surface area contributed by atoms with Gasteiger partial charge in [-0.1, -0.05) is 0 Å². The molecule has 2 N–H and O–H groups in total. The SMILES string of the molecule is Fc1ccc(-c2ccc[nH]2)c(F)[c]1[Ti]([c]1c(F)ccc(-c2ccc[nH]2)c1F)([CH]1C=CC=C1)[CH]1C=CC=C1. The molecule has 2 aliphatic rings. The van der Waals surface area contributed by atoms with Crippen LogP contribution in [0.5, 0.6) is 0 Å². The standard InChI is InChI=1S/2C10H6F2N.2C5H5.Ti/c2*11-7-3-4-8(9(12)6-7)10-2-1-5-13-10;2*1-2-4-5-3-1;/h2*1-5,13H;2*1-5H;. The van der Waals surface area contributed by atoms with Crippen LogP contribution in [-0.4, -0.2) is 9.97 Å². The average molecular weight is 534 g/mol. The molecule has 184 valence electrons. The maximum absolute atomic E-state index is 16.7. The summed E-state index contributed by atoms with van der Waals surface area (Å²) in [6, 6.07) is 12.0. The van der Waals surface area contributed by atoms with Crippen LogP contribution in [0.2, 0.25) is 8.45 Å². The summed E-state index contributed by atoms with van der Waals surface area (Å²) in [4.78, 5) is 5.94. The summed E-state index contributed by atoms with van der Waals surface area (Å²) in [7, 11) is 0. The van der Waals surface area contributed by atoms with Gasteiger partial charge in [0.1, 0.15) is 0 Å². The summed E-state index contributed by atoms with van der Waals surface area (Å²) in [5.41, 5.74) is 1.25. The Morgan fingerprint density at radius 2 is 0.946 bits per heavy atom. The molecular formula is C30H22F4N2Ti. The van der Waals surface area contributed by atoms with Gasteiger partial charge in [-0.25, -0.2) is 0 Å². The van der Waals surface area contributed by atoms with Gasteiger partial charge in [0.25, 0.3) is 0 Å². The molecule has 0 fully saturated rings. The van der Waals surface area contributed by atoms with Crippen molar-refractivity contribution < 1.29 is 34.2 Å². The van der Waals surface area contributed by atoms with Crippen LogP contribution >= 0.6 is 0 Å².